The normalized spacial score (nSPS) is 26.7. The molecule has 2 unspecified atom stereocenters. The molecule has 0 radical (unpaired) electrons. The molecule has 1 saturated carbocycles. The fraction of sp³-hybridized carbons (Fsp3) is 0.625. The summed E-state index contributed by atoms with van der Waals surface area (Å²) >= 11 is 5.96. The van der Waals surface area contributed by atoms with Gasteiger partial charge in [0.15, 0.2) is 0 Å². The van der Waals surface area contributed by atoms with Crippen molar-refractivity contribution >= 4 is 11.6 Å². The number of hydrogen-bond donors (Lipinski definition) is 1. The van der Waals surface area contributed by atoms with Crippen molar-refractivity contribution in [3.8, 4) is 5.75 Å². The maximum Gasteiger partial charge on any atom is 0.121 e. The van der Waals surface area contributed by atoms with Gasteiger partial charge in [-0.1, -0.05) is 37.4 Å². The van der Waals surface area contributed by atoms with Gasteiger partial charge < -0.3 is 10.5 Å². The van der Waals surface area contributed by atoms with Crippen LogP contribution in [0.4, 0.5) is 0 Å². The molecule has 1 aliphatic rings. The zero-order chi connectivity index (χ0) is 13.8. The third-order valence-corrected chi connectivity index (χ3v) is 4.50. The Morgan fingerprint density at radius 1 is 1.26 bits per heavy atom. The van der Waals surface area contributed by atoms with E-state index in [-0.39, 0.29) is 12.1 Å². The summed E-state index contributed by atoms with van der Waals surface area (Å²) in [6.07, 6.45) is 5.07. The van der Waals surface area contributed by atoms with Gasteiger partial charge in [-0.25, -0.2) is 0 Å². The van der Waals surface area contributed by atoms with E-state index in [1.807, 2.05) is 24.3 Å². The zero-order valence-corrected chi connectivity index (χ0v) is 12.6. The van der Waals surface area contributed by atoms with Crippen LogP contribution in [0.1, 0.15) is 39.5 Å². The number of benzene rings is 1. The van der Waals surface area contributed by atoms with E-state index in [9.17, 15) is 0 Å². The second-order valence-electron chi connectivity index (χ2n) is 5.88. The van der Waals surface area contributed by atoms with Gasteiger partial charge in [0.05, 0.1) is 0 Å². The maximum atomic E-state index is 6.37. The lowest BCUT2D eigenvalue weighted by molar-refractivity contribution is 0.131. The van der Waals surface area contributed by atoms with Crippen LogP contribution in [0.3, 0.4) is 0 Å². The van der Waals surface area contributed by atoms with Crippen LogP contribution in [-0.2, 0) is 0 Å². The quantitative estimate of drug-likeness (QED) is 0.895. The molecule has 2 rings (SSSR count). The summed E-state index contributed by atoms with van der Waals surface area (Å²) in [4.78, 5) is 0. The van der Waals surface area contributed by atoms with Crippen molar-refractivity contribution in [2.75, 3.05) is 0 Å². The van der Waals surface area contributed by atoms with Crippen LogP contribution >= 0.6 is 11.6 Å². The highest BCUT2D eigenvalue weighted by Gasteiger charge is 2.28. The second kappa shape index (κ2) is 6.62. The van der Waals surface area contributed by atoms with E-state index in [0.29, 0.717) is 10.9 Å². The van der Waals surface area contributed by atoms with E-state index in [1.54, 1.807) is 0 Å². The van der Waals surface area contributed by atoms with E-state index in [1.165, 1.54) is 25.7 Å². The standard InChI is InChI=1S/C16H24ClNO/c1-11-6-8-13(9-7-11)16(18)12(2)19-15-5-3-4-14(17)10-15/h3-5,10-13,16H,6-9,18H2,1-2H3. The molecule has 0 aromatic heterocycles. The highest BCUT2D eigenvalue weighted by molar-refractivity contribution is 6.30. The lowest BCUT2D eigenvalue weighted by Crippen LogP contribution is -2.44. The number of nitrogens with two attached hydrogens (primary N) is 1. The van der Waals surface area contributed by atoms with Gasteiger partial charge in [-0.3, -0.25) is 0 Å². The zero-order valence-electron chi connectivity index (χ0n) is 11.8. The molecule has 2 atom stereocenters. The SMILES string of the molecule is CC1CCC(C(N)C(C)Oc2cccc(Cl)c2)CC1. The average molecular weight is 282 g/mol. The van der Waals surface area contributed by atoms with Crippen LogP contribution in [0.25, 0.3) is 0 Å². The first-order valence-corrected chi connectivity index (χ1v) is 7.62. The molecule has 1 aromatic rings. The van der Waals surface area contributed by atoms with Gasteiger partial charge >= 0.3 is 0 Å². The van der Waals surface area contributed by atoms with Gasteiger partial charge in [0.2, 0.25) is 0 Å². The molecule has 0 aliphatic heterocycles. The van der Waals surface area contributed by atoms with Crippen LogP contribution in [0.2, 0.25) is 5.02 Å². The van der Waals surface area contributed by atoms with Crippen molar-refractivity contribution in [1.82, 2.24) is 0 Å². The van der Waals surface area contributed by atoms with Crippen molar-refractivity contribution in [3.05, 3.63) is 29.3 Å². The molecule has 3 heteroatoms. The summed E-state index contributed by atoms with van der Waals surface area (Å²) < 4.78 is 5.93. The van der Waals surface area contributed by atoms with E-state index in [2.05, 4.69) is 13.8 Å². The molecule has 0 saturated heterocycles. The molecule has 1 fully saturated rings. The molecule has 2 nitrogen and oxygen atoms in total. The minimum Gasteiger partial charge on any atom is -0.489 e. The minimum atomic E-state index is 0.0249. The van der Waals surface area contributed by atoms with Crippen molar-refractivity contribution < 1.29 is 4.74 Å². The van der Waals surface area contributed by atoms with Gasteiger partial charge in [0, 0.05) is 11.1 Å². The van der Waals surface area contributed by atoms with E-state index < -0.39 is 0 Å². The predicted molar refractivity (Wildman–Crippen MR) is 80.6 cm³/mol. The Labute approximate surface area is 121 Å². The third-order valence-electron chi connectivity index (χ3n) is 4.26. The van der Waals surface area contributed by atoms with Crippen molar-refractivity contribution in [1.29, 1.82) is 0 Å². The fourth-order valence-electron chi connectivity index (χ4n) is 2.89. The van der Waals surface area contributed by atoms with Crippen LogP contribution in [-0.4, -0.2) is 12.1 Å². The van der Waals surface area contributed by atoms with Gasteiger partial charge in [-0.05, 0) is 49.8 Å². The van der Waals surface area contributed by atoms with E-state index >= 15 is 0 Å². The predicted octanol–water partition coefficient (Wildman–Crippen LogP) is 4.26. The summed E-state index contributed by atoms with van der Waals surface area (Å²) in [5.41, 5.74) is 6.37. The number of ether oxygens (including phenoxy) is 1. The Morgan fingerprint density at radius 2 is 1.95 bits per heavy atom. The maximum absolute atomic E-state index is 6.37. The molecule has 1 aromatic carbocycles. The monoisotopic (exact) mass is 281 g/mol. The molecule has 0 bridgehead atoms. The summed E-state index contributed by atoms with van der Waals surface area (Å²) in [5.74, 6) is 2.25. The first-order chi connectivity index (χ1) is 9.06. The first kappa shape index (κ1) is 14.7. The van der Waals surface area contributed by atoms with Crippen LogP contribution < -0.4 is 10.5 Å². The summed E-state index contributed by atoms with van der Waals surface area (Å²) in [6.45, 7) is 4.39. The molecule has 0 amide bonds. The molecule has 19 heavy (non-hydrogen) atoms. The van der Waals surface area contributed by atoms with Crippen molar-refractivity contribution in [2.45, 2.75) is 51.7 Å². The molecule has 0 heterocycles. The van der Waals surface area contributed by atoms with Gasteiger partial charge in [0.25, 0.3) is 0 Å². The van der Waals surface area contributed by atoms with E-state index in [0.717, 1.165) is 11.7 Å². The Morgan fingerprint density at radius 3 is 2.58 bits per heavy atom. The van der Waals surface area contributed by atoms with Crippen molar-refractivity contribution in [2.24, 2.45) is 17.6 Å². The lowest BCUT2D eigenvalue weighted by Gasteiger charge is -2.33. The van der Waals surface area contributed by atoms with Crippen LogP contribution in [0.15, 0.2) is 24.3 Å². The molecule has 0 spiro atoms. The smallest absolute Gasteiger partial charge is 0.121 e. The molecule has 106 valence electrons. The van der Waals surface area contributed by atoms with E-state index in [4.69, 9.17) is 22.1 Å². The first-order valence-electron chi connectivity index (χ1n) is 7.24. The fourth-order valence-corrected chi connectivity index (χ4v) is 3.07. The highest BCUT2D eigenvalue weighted by atomic mass is 35.5. The number of halogens is 1. The topological polar surface area (TPSA) is 35.2 Å². The number of hydrogen-bond acceptors (Lipinski definition) is 2. The van der Waals surface area contributed by atoms with Gasteiger partial charge in [0.1, 0.15) is 11.9 Å². The largest absolute Gasteiger partial charge is 0.489 e. The number of rotatable bonds is 4. The Balaban J connectivity index is 1.90. The Bertz CT molecular complexity index is 401. The van der Waals surface area contributed by atoms with Gasteiger partial charge in [-0.15, -0.1) is 0 Å². The molecule has 1 aliphatic carbocycles. The molecule has 2 N–H and O–H groups in total. The Hall–Kier alpha value is -0.730. The summed E-state index contributed by atoms with van der Waals surface area (Å²) in [5, 5.41) is 0.699. The molecular formula is C16H24ClNO. The van der Waals surface area contributed by atoms with Crippen molar-refractivity contribution in [3.63, 3.8) is 0 Å². The van der Waals surface area contributed by atoms with Crippen LogP contribution in [0, 0.1) is 11.8 Å². The average Bonchev–Trinajstić information content (AvgIpc) is 2.39. The third kappa shape index (κ3) is 4.12. The summed E-state index contributed by atoms with van der Waals surface area (Å²) in [6, 6.07) is 7.62. The van der Waals surface area contributed by atoms with Gasteiger partial charge in [-0.2, -0.15) is 0 Å². The Kier molecular flexibility index (Phi) is 5.12. The molecular weight excluding hydrogens is 258 g/mol. The summed E-state index contributed by atoms with van der Waals surface area (Å²) in [7, 11) is 0. The second-order valence-corrected chi connectivity index (χ2v) is 6.31. The lowest BCUT2D eigenvalue weighted by atomic mass is 9.78. The minimum absolute atomic E-state index is 0.0249. The highest BCUT2D eigenvalue weighted by Crippen LogP contribution is 2.31. The van der Waals surface area contributed by atoms with Crippen LogP contribution in [0.5, 0.6) is 5.75 Å².